The molecule has 0 aliphatic heterocycles. The summed E-state index contributed by atoms with van der Waals surface area (Å²) in [7, 11) is 1.40. The van der Waals surface area contributed by atoms with Crippen LogP contribution in [0.15, 0.2) is 18.2 Å². The Bertz CT molecular complexity index is 395. The molecule has 0 unspecified atom stereocenters. The molecule has 0 atom stereocenters. The van der Waals surface area contributed by atoms with Gasteiger partial charge in [-0.3, -0.25) is 4.79 Å². The summed E-state index contributed by atoms with van der Waals surface area (Å²) in [5.41, 5.74) is 0.560. The van der Waals surface area contributed by atoms with Crippen molar-refractivity contribution in [3.63, 3.8) is 0 Å². The predicted octanol–water partition coefficient (Wildman–Crippen LogP) is 3.21. The Balaban J connectivity index is 2.22. The summed E-state index contributed by atoms with van der Waals surface area (Å²) in [5.74, 6) is -0.0414. The summed E-state index contributed by atoms with van der Waals surface area (Å²) in [5, 5.41) is 0. The second kappa shape index (κ2) is 4.64. The average Bonchev–Trinajstić information content (AvgIpc) is 2.82. The van der Waals surface area contributed by atoms with Gasteiger partial charge in [-0.25, -0.2) is 4.39 Å². The van der Waals surface area contributed by atoms with E-state index in [-0.39, 0.29) is 17.5 Å². The number of carbonyl (C=O) groups excluding carboxylic acids is 1. The lowest BCUT2D eigenvalue weighted by Gasteiger charge is -2.09. The second-order valence-electron chi connectivity index (χ2n) is 4.19. The summed E-state index contributed by atoms with van der Waals surface area (Å²) < 4.78 is 18.0. The number of hydrogen-bond acceptors (Lipinski definition) is 2. The molecule has 2 nitrogen and oxygen atoms in total. The third kappa shape index (κ3) is 2.08. The molecule has 0 aromatic heterocycles. The van der Waals surface area contributed by atoms with Crippen LogP contribution in [0.2, 0.25) is 0 Å². The van der Waals surface area contributed by atoms with Gasteiger partial charge in [-0.05, 0) is 31.0 Å². The highest BCUT2D eigenvalue weighted by molar-refractivity contribution is 5.98. The van der Waals surface area contributed by atoms with E-state index in [4.69, 9.17) is 4.74 Å². The minimum Gasteiger partial charge on any atom is -0.494 e. The van der Waals surface area contributed by atoms with Gasteiger partial charge in [-0.15, -0.1) is 0 Å². The van der Waals surface area contributed by atoms with Crippen molar-refractivity contribution < 1.29 is 13.9 Å². The van der Waals surface area contributed by atoms with E-state index in [2.05, 4.69) is 0 Å². The van der Waals surface area contributed by atoms with Gasteiger partial charge in [-0.1, -0.05) is 12.8 Å². The van der Waals surface area contributed by atoms with Crippen molar-refractivity contribution in [1.29, 1.82) is 0 Å². The molecule has 0 heterocycles. The molecule has 1 fully saturated rings. The topological polar surface area (TPSA) is 26.3 Å². The normalized spacial score (nSPS) is 16.4. The number of ether oxygens (including phenoxy) is 1. The average molecular weight is 222 g/mol. The van der Waals surface area contributed by atoms with E-state index in [9.17, 15) is 9.18 Å². The summed E-state index contributed by atoms with van der Waals surface area (Å²) in [6.07, 6.45) is 4.15. The largest absolute Gasteiger partial charge is 0.494 e. The van der Waals surface area contributed by atoms with Gasteiger partial charge in [0.1, 0.15) is 0 Å². The first-order valence-electron chi connectivity index (χ1n) is 5.60. The maximum Gasteiger partial charge on any atom is 0.166 e. The molecule has 0 saturated heterocycles. The third-order valence-corrected chi connectivity index (χ3v) is 3.16. The molecule has 0 spiro atoms. The van der Waals surface area contributed by atoms with Gasteiger partial charge in [0.2, 0.25) is 0 Å². The Hall–Kier alpha value is -1.38. The van der Waals surface area contributed by atoms with Gasteiger partial charge in [0, 0.05) is 11.5 Å². The first kappa shape index (κ1) is 11.1. The van der Waals surface area contributed by atoms with Crippen molar-refractivity contribution in [3.8, 4) is 5.75 Å². The predicted molar refractivity (Wildman–Crippen MR) is 59.2 cm³/mol. The number of carbonyl (C=O) groups is 1. The molecular formula is C13H15FO2. The minimum absolute atomic E-state index is 0.121. The molecule has 0 bridgehead atoms. The fourth-order valence-corrected chi connectivity index (χ4v) is 2.24. The maximum atomic E-state index is 13.2. The van der Waals surface area contributed by atoms with E-state index >= 15 is 0 Å². The Kier molecular flexibility index (Phi) is 3.22. The SMILES string of the molecule is COc1cc(C(=O)C2CCCC2)ccc1F. The van der Waals surface area contributed by atoms with Crippen LogP contribution in [-0.4, -0.2) is 12.9 Å². The number of halogens is 1. The molecule has 86 valence electrons. The highest BCUT2D eigenvalue weighted by Crippen LogP contribution is 2.29. The zero-order valence-corrected chi connectivity index (χ0v) is 9.33. The highest BCUT2D eigenvalue weighted by atomic mass is 19.1. The molecule has 1 aromatic carbocycles. The van der Waals surface area contributed by atoms with Crippen LogP contribution in [0.3, 0.4) is 0 Å². The van der Waals surface area contributed by atoms with Crippen molar-refractivity contribution in [2.45, 2.75) is 25.7 Å². The molecule has 1 saturated carbocycles. The van der Waals surface area contributed by atoms with Gasteiger partial charge in [0.05, 0.1) is 7.11 Å². The number of Topliss-reactive ketones (excluding diaryl/α,β-unsaturated/α-hetero) is 1. The lowest BCUT2D eigenvalue weighted by molar-refractivity contribution is 0.0922. The van der Waals surface area contributed by atoms with Crippen LogP contribution in [0.5, 0.6) is 5.75 Å². The Morgan fingerprint density at radius 3 is 2.69 bits per heavy atom. The smallest absolute Gasteiger partial charge is 0.166 e. The zero-order valence-electron chi connectivity index (χ0n) is 9.33. The van der Waals surface area contributed by atoms with Gasteiger partial charge < -0.3 is 4.74 Å². The van der Waals surface area contributed by atoms with Crippen LogP contribution in [0.4, 0.5) is 4.39 Å². The molecule has 1 aliphatic carbocycles. The molecule has 16 heavy (non-hydrogen) atoms. The van der Waals surface area contributed by atoms with Crippen molar-refractivity contribution >= 4 is 5.78 Å². The second-order valence-corrected chi connectivity index (χ2v) is 4.19. The van der Waals surface area contributed by atoms with E-state index in [0.717, 1.165) is 25.7 Å². The van der Waals surface area contributed by atoms with Crippen molar-refractivity contribution in [1.82, 2.24) is 0 Å². The molecule has 2 rings (SSSR count). The van der Waals surface area contributed by atoms with Crippen molar-refractivity contribution in [3.05, 3.63) is 29.6 Å². The molecular weight excluding hydrogens is 207 g/mol. The molecule has 0 N–H and O–H groups in total. The Morgan fingerprint density at radius 2 is 2.06 bits per heavy atom. The Morgan fingerprint density at radius 1 is 1.38 bits per heavy atom. The van der Waals surface area contributed by atoms with E-state index in [0.29, 0.717) is 5.56 Å². The van der Waals surface area contributed by atoms with Crippen LogP contribution < -0.4 is 4.74 Å². The molecule has 0 amide bonds. The molecule has 1 aliphatic rings. The van der Waals surface area contributed by atoms with Crippen LogP contribution in [0, 0.1) is 11.7 Å². The van der Waals surface area contributed by atoms with E-state index in [1.807, 2.05) is 0 Å². The quantitative estimate of drug-likeness (QED) is 0.734. The van der Waals surface area contributed by atoms with Crippen LogP contribution in [0.25, 0.3) is 0 Å². The lowest BCUT2D eigenvalue weighted by atomic mass is 9.96. The number of methoxy groups -OCH3 is 1. The number of ketones is 1. The Labute approximate surface area is 94.4 Å². The standard InChI is InChI=1S/C13H15FO2/c1-16-12-8-10(6-7-11(12)14)13(15)9-4-2-3-5-9/h6-9H,2-5H2,1H3. The van der Waals surface area contributed by atoms with Gasteiger partial charge in [0.25, 0.3) is 0 Å². The number of rotatable bonds is 3. The molecule has 1 aromatic rings. The van der Waals surface area contributed by atoms with E-state index in [1.165, 1.54) is 19.2 Å². The van der Waals surface area contributed by atoms with E-state index in [1.54, 1.807) is 6.07 Å². The van der Waals surface area contributed by atoms with Crippen molar-refractivity contribution in [2.75, 3.05) is 7.11 Å². The van der Waals surface area contributed by atoms with E-state index < -0.39 is 5.82 Å². The summed E-state index contributed by atoms with van der Waals surface area (Å²) >= 11 is 0. The summed E-state index contributed by atoms with van der Waals surface area (Å²) in [4.78, 5) is 12.0. The van der Waals surface area contributed by atoms with Gasteiger partial charge in [0.15, 0.2) is 17.3 Å². The monoisotopic (exact) mass is 222 g/mol. The highest BCUT2D eigenvalue weighted by Gasteiger charge is 2.24. The molecule has 3 heteroatoms. The summed E-state index contributed by atoms with van der Waals surface area (Å²) in [6, 6.07) is 4.33. The van der Waals surface area contributed by atoms with Crippen LogP contribution in [0.1, 0.15) is 36.0 Å². The lowest BCUT2D eigenvalue weighted by Crippen LogP contribution is -2.11. The fraction of sp³-hybridized carbons (Fsp3) is 0.462. The first-order chi connectivity index (χ1) is 7.72. The maximum absolute atomic E-state index is 13.2. The van der Waals surface area contributed by atoms with Gasteiger partial charge in [-0.2, -0.15) is 0 Å². The van der Waals surface area contributed by atoms with Crippen molar-refractivity contribution in [2.24, 2.45) is 5.92 Å². The fourth-order valence-electron chi connectivity index (χ4n) is 2.24. The summed E-state index contributed by atoms with van der Waals surface area (Å²) in [6.45, 7) is 0. The first-order valence-corrected chi connectivity index (χ1v) is 5.60. The number of hydrogen-bond donors (Lipinski definition) is 0. The van der Waals surface area contributed by atoms with Gasteiger partial charge >= 0.3 is 0 Å². The molecule has 0 radical (unpaired) electrons. The van der Waals surface area contributed by atoms with Crippen LogP contribution in [-0.2, 0) is 0 Å². The number of benzene rings is 1. The van der Waals surface area contributed by atoms with Crippen LogP contribution >= 0.6 is 0 Å². The zero-order chi connectivity index (χ0) is 11.5. The third-order valence-electron chi connectivity index (χ3n) is 3.16. The minimum atomic E-state index is -0.425.